The second kappa shape index (κ2) is 9.54. The summed E-state index contributed by atoms with van der Waals surface area (Å²) in [5, 5.41) is 7.81. The number of nitrogens with zero attached hydrogens (tertiary/aromatic N) is 4. The molecule has 1 aliphatic heterocycles. The molecule has 30 heavy (non-hydrogen) atoms. The minimum absolute atomic E-state index is 0.00232. The minimum Gasteiger partial charge on any atom is -0.369 e. The Morgan fingerprint density at radius 1 is 0.933 bits per heavy atom. The summed E-state index contributed by atoms with van der Waals surface area (Å²) in [5.74, 6) is 0.00232. The topological polar surface area (TPSA) is 70.5 Å². The lowest BCUT2D eigenvalue weighted by Gasteiger charge is -2.36. The summed E-state index contributed by atoms with van der Waals surface area (Å²) in [6.07, 6.45) is 1.65. The molecule has 7 nitrogen and oxygen atoms in total. The van der Waals surface area contributed by atoms with E-state index < -0.39 is 0 Å². The molecule has 0 aliphatic carbocycles. The molecule has 0 saturated carbocycles. The number of fused-ring (bicyclic) bond motifs is 1. The van der Waals surface area contributed by atoms with E-state index in [0.29, 0.717) is 24.9 Å². The molecule has 1 amide bonds. The van der Waals surface area contributed by atoms with E-state index in [4.69, 9.17) is 0 Å². The van der Waals surface area contributed by atoms with E-state index in [9.17, 15) is 9.59 Å². The molecule has 2 heterocycles. The second-order valence-corrected chi connectivity index (χ2v) is 7.51. The molecule has 0 unspecified atom stereocenters. The zero-order valence-electron chi connectivity index (χ0n) is 17.0. The molecule has 1 fully saturated rings. The van der Waals surface area contributed by atoms with Gasteiger partial charge in [0.2, 0.25) is 11.3 Å². The molecule has 2 aromatic carbocycles. The molecule has 0 radical (unpaired) electrons. The molecule has 156 valence electrons. The average Bonchev–Trinajstić information content (AvgIpc) is 2.80. The summed E-state index contributed by atoms with van der Waals surface area (Å²) in [7, 11) is 0. The number of aromatic nitrogens is 2. The van der Waals surface area contributed by atoms with Gasteiger partial charge in [-0.15, -0.1) is 0 Å². The van der Waals surface area contributed by atoms with Crippen molar-refractivity contribution in [3.63, 3.8) is 0 Å². The number of para-hydroxylation sites is 2. The quantitative estimate of drug-likeness (QED) is 0.648. The van der Waals surface area contributed by atoms with Gasteiger partial charge >= 0.3 is 0 Å². The number of hydrogen-bond acceptors (Lipinski definition) is 5. The molecule has 7 heteroatoms. The number of aryl methyl sites for hydroxylation is 1. The number of rotatable bonds is 7. The zero-order valence-corrected chi connectivity index (χ0v) is 17.0. The Morgan fingerprint density at radius 2 is 1.67 bits per heavy atom. The molecule has 0 atom stereocenters. The van der Waals surface area contributed by atoms with Crippen LogP contribution in [-0.2, 0) is 11.3 Å². The monoisotopic (exact) mass is 405 g/mol. The van der Waals surface area contributed by atoms with Crippen molar-refractivity contribution in [1.29, 1.82) is 0 Å². The molecular weight excluding hydrogens is 378 g/mol. The summed E-state index contributed by atoms with van der Waals surface area (Å²) in [6.45, 7) is 5.95. The van der Waals surface area contributed by atoms with Crippen molar-refractivity contribution in [1.82, 2.24) is 20.0 Å². The summed E-state index contributed by atoms with van der Waals surface area (Å²) in [6, 6.07) is 17.8. The first kappa shape index (κ1) is 20.1. The summed E-state index contributed by atoms with van der Waals surface area (Å²) in [4.78, 5) is 28.9. The summed E-state index contributed by atoms with van der Waals surface area (Å²) < 4.78 is 1.72. The SMILES string of the molecule is O=C(CCn1ncc(=O)c2ccccc21)NCCN1CCN(c2ccccc2)CC1. The molecule has 1 N–H and O–H groups in total. The highest BCUT2D eigenvalue weighted by molar-refractivity contribution is 5.79. The van der Waals surface area contributed by atoms with Gasteiger partial charge in [0.05, 0.1) is 18.3 Å². The van der Waals surface area contributed by atoms with Crippen LogP contribution in [0.2, 0.25) is 0 Å². The first-order valence-corrected chi connectivity index (χ1v) is 10.4. The van der Waals surface area contributed by atoms with Gasteiger partial charge in [-0.25, -0.2) is 0 Å². The molecule has 1 aromatic heterocycles. The largest absolute Gasteiger partial charge is 0.369 e. The average molecular weight is 406 g/mol. The van der Waals surface area contributed by atoms with Gasteiger partial charge in [-0.2, -0.15) is 5.10 Å². The molecule has 1 saturated heterocycles. The van der Waals surface area contributed by atoms with Crippen molar-refractivity contribution in [2.24, 2.45) is 0 Å². The first-order valence-electron chi connectivity index (χ1n) is 10.4. The van der Waals surface area contributed by atoms with E-state index in [2.05, 4.69) is 44.5 Å². The number of carbonyl (C=O) groups excluding carboxylic acids is 1. The number of piperazine rings is 1. The van der Waals surface area contributed by atoms with Gasteiger partial charge in [0.15, 0.2) is 0 Å². The Labute approximate surface area is 175 Å². The predicted molar refractivity (Wildman–Crippen MR) is 119 cm³/mol. The highest BCUT2D eigenvalue weighted by Crippen LogP contribution is 2.15. The highest BCUT2D eigenvalue weighted by atomic mass is 16.1. The van der Waals surface area contributed by atoms with Crippen molar-refractivity contribution in [2.75, 3.05) is 44.2 Å². The summed E-state index contributed by atoms with van der Waals surface area (Å²) >= 11 is 0. The van der Waals surface area contributed by atoms with E-state index in [1.807, 2.05) is 24.3 Å². The summed E-state index contributed by atoms with van der Waals surface area (Å²) in [5.41, 5.74) is 1.93. The van der Waals surface area contributed by atoms with E-state index >= 15 is 0 Å². The van der Waals surface area contributed by atoms with Crippen molar-refractivity contribution in [2.45, 2.75) is 13.0 Å². The number of carbonyl (C=O) groups is 1. The van der Waals surface area contributed by atoms with E-state index in [0.717, 1.165) is 38.2 Å². The van der Waals surface area contributed by atoms with Crippen LogP contribution in [0.4, 0.5) is 5.69 Å². The van der Waals surface area contributed by atoms with Crippen molar-refractivity contribution in [3.8, 4) is 0 Å². The Morgan fingerprint density at radius 3 is 2.47 bits per heavy atom. The number of benzene rings is 2. The van der Waals surface area contributed by atoms with Crippen molar-refractivity contribution in [3.05, 3.63) is 71.0 Å². The Kier molecular flexibility index (Phi) is 6.39. The fourth-order valence-electron chi connectivity index (χ4n) is 3.86. The van der Waals surface area contributed by atoms with Crippen molar-refractivity contribution >= 4 is 22.5 Å². The normalized spacial score (nSPS) is 14.7. The predicted octanol–water partition coefficient (Wildman–Crippen LogP) is 1.72. The van der Waals surface area contributed by atoms with Crippen LogP contribution in [0.5, 0.6) is 0 Å². The lowest BCUT2D eigenvalue weighted by atomic mass is 10.2. The molecular formula is C23H27N5O2. The third kappa shape index (κ3) is 4.86. The molecule has 0 bridgehead atoms. The van der Waals surface area contributed by atoms with Gasteiger partial charge in [-0.1, -0.05) is 30.3 Å². The van der Waals surface area contributed by atoms with Crippen LogP contribution < -0.4 is 15.6 Å². The van der Waals surface area contributed by atoms with Crippen LogP contribution in [0.1, 0.15) is 6.42 Å². The van der Waals surface area contributed by atoms with E-state index in [1.54, 1.807) is 10.7 Å². The van der Waals surface area contributed by atoms with Crippen LogP contribution >= 0.6 is 0 Å². The van der Waals surface area contributed by atoms with Crippen molar-refractivity contribution < 1.29 is 4.79 Å². The maximum Gasteiger partial charge on any atom is 0.221 e. The fraction of sp³-hybridized carbons (Fsp3) is 0.348. The van der Waals surface area contributed by atoms with Gasteiger partial charge in [0, 0.05) is 56.8 Å². The molecule has 0 spiro atoms. The number of nitrogens with one attached hydrogen (secondary N) is 1. The van der Waals surface area contributed by atoms with E-state index in [-0.39, 0.29) is 11.3 Å². The van der Waals surface area contributed by atoms with Crippen LogP contribution in [0.15, 0.2) is 65.6 Å². The van der Waals surface area contributed by atoms with Crippen LogP contribution in [-0.4, -0.2) is 59.9 Å². The first-order chi connectivity index (χ1) is 14.7. The van der Waals surface area contributed by atoms with Crippen LogP contribution in [0.3, 0.4) is 0 Å². The van der Waals surface area contributed by atoms with Crippen LogP contribution in [0, 0.1) is 0 Å². The second-order valence-electron chi connectivity index (χ2n) is 7.51. The fourth-order valence-corrected chi connectivity index (χ4v) is 3.86. The molecule has 3 aromatic rings. The lowest BCUT2D eigenvalue weighted by molar-refractivity contribution is -0.121. The van der Waals surface area contributed by atoms with Gasteiger partial charge in [0.25, 0.3) is 0 Å². The Bertz CT molecular complexity index is 1040. The lowest BCUT2D eigenvalue weighted by Crippen LogP contribution is -2.48. The van der Waals surface area contributed by atoms with Crippen LogP contribution in [0.25, 0.3) is 10.9 Å². The smallest absolute Gasteiger partial charge is 0.221 e. The Balaban J connectivity index is 1.19. The van der Waals surface area contributed by atoms with Gasteiger partial charge in [-0.05, 0) is 24.3 Å². The molecule has 1 aliphatic rings. The van der Waals surface area contributed by atoms with Gasteiger partial charge in [0.1, 0.15) is 0 Å². The maximum absolute atomic E-state index is 12.3. The molecule has 4 rings (SSSR count). The zero-order chi connectivity index (χ0) is 20.8. The number of anilines is 1. The van der Waals surface area contributed by atoms with Gasteiger partial charge in [-0.3, -0.25) is 19.2 Å². The highest BCUT2D eigenvalue weighted by Gasteiger charge is 2.16. The minimum atomic E-state index is -0.0985. The maximum atomic E-state index is 12.3. The number of hydrogen-bond donors (Lipinski definition) is 1. The number of amides is 1. The standard InChI is InChI=1S/C23H27N5O2/c29-22-18-25-28(21-9-5-4-8-20(21)22)12-10-23(30)24-11-13-26-14-16-27(17-15-26)19-6-2-1-3-7-19/h1-9,18H,10-17H2,(H,24,30). The van der Waals surface area contributed by atoms with E-state index in [1.165, 1.54) is 11.9 Å². The third-order valence-corrected chi connectivity index (χ3v) is 5.56. The third-order valence-electron chi connectivity index (χ3n) is 5.56. The Hall–Kier alpha value is -3.19. The van der Waals surface area contributed by atoms with Gasteiger partial charge < -0.3 is 10.2 Å².